The van der Waals surface area contributed by atoms with Crippen molar-refractivity contribution in [2.75, 3.05) is 9.80 Å². The van der Waals surface area contributed by atoms with Crippen molar-refractivity contribution in [3.8, 4) is 0 Å². The average Bonchev–Trinajstić information content (AvgIpc) is 3.37. The van der Waals surface area contributed by atoms with Crippen LogP contribution in [0.1, 0.15) is 111 Å². The zero-order valence-electron chi connectivity index (χ0n) is 40.2. The molecule has 0 heterocycles. The van der Waals surface area contributed by atoms with Crippen LogP contribution in [0, 0.1) is 13.8 Å². The lowest BCUT2D eigenvalue weighted by atomic mass is 9.97. The number of allylic oxidation sites excluding steroid dienone is 2. The lowest BCUT2D eigenvalue weighted by Crippen LogP contribution is -2.10. The van der Waals surface area contributed by atoms with Gasteiger partial charge in [-0.25, -0.2) is 0 Å². The number of hydrogen-bond donors (Lipinski definition) is 0. The highest BCUT2D eigenvalue weighted by molar-refractivity contribution is 5.84. The number of rotatable bonds is 14. The summed E-state index contributed by atoms with van der Waals surface area (Å²) in [5.41, 5.74) is 19.7. The van der Waals surface area contributed by atoms with E-state index >= 15 is 0 Å². The summed E-state index contributed by atoms with van der Waals surface area (Å²) in [6, 6.07) is 74.4. The van der Waals surface area contributed by atoms with Crippen molar-refractivity contribution in [1.29, 1.82) is 0 Å². The Morgan fingerprint density at radius 1 is 0.409 bits per heavy atom. The van der Waals surface area contributed by atoms with Gasteiger partial charge in [0.25, 0.3) is 0 Å². The molecule has 0 N–H and O–H groups in total. The van der Waals surface area contributed by atoms with Crippen LogP contribution >= 0.6 is 0 Å². The van der Waals surface area contributed by atoms with Gasteiger partial charge in [0.1, 0.15) is 0 Å². The van der Waals surface area contributed by atoms with Crippen LogP contribution < -0.4 is 9.80 Å². The van der Waals surface area contributed by atoms with Crippen LogP contribution in [0.3, 0.4) is 0 Å². The molecule has 0 radical (unpaired) electrons. The minimum atomic E-state index is 0.573. The summed E-state index contributed by atoms with van der Waals surface area (Å²) in [5, 5.41) is 0. The molecule has 0 aliphatic heterocycles. The lowest BCUT2D eigenvalue weighted by Gasteiger charge is -2.26. The standard InChI is InChI=1S/2C32H33N/c1-5-25(3)29-15-21-32(22-16-29)33(30-17-11-24(2)12-18-30)31-19-13-27(14-20-31)23-26(4)28-9-7-6-8-10-28;1-5-25(4)26-14-20-30(21-15-26)33(29-18-12-24(3)13-19-29)31-22-16-28(17-23-31)32(6-2)27-10-8-7-9-11-27/h2*6-23,25H,5H2,1-4H3. The largest absolute Gasteiger partial charge is 0.311 e. The molecule has 0 saturated heterocycles. The summed E-state index contributed by atoms with van der Waals surface area (Å²) in [7, 11) is 0. The first kappa shape index (κ1) is 46.8. The molecule has 66 heavy (non-hydrogen) atoms. The molecule has 0 amide bonds. The highest BCUT2D eigenvalue weighted by Crippen LogP contribution is 2.38. The Labute approximate surface area is 396 Å². The number of anilines is 6. The van der Waals surface area contributed by atoms with E-state index in [0.717, 1.165) is 24.2 Å². The van der Waals surface area contributed by atoms with Crippen molar-refractivity contribution in [3.63, 3.8) is 0 Å². The van der Waals surface area contributed by atoms with Gasteiger partial charge in [-0.2, -0.15) is 0 Å². The van der Waals surface area contributed by atoms with Crippen molar-refractivity contribution in [1.82, 2.24) is 0 Å². The van der Waals surface area contributed by atoms with Gasteiger partial charge in [0.2, 0.25) is 0 Å². The van der Waals surface area contributed by atoms with Crippen molar-refractivity contribution in [2.24, 2.45) is 0 Å². The van der Waals surface area contributed by atoms with E-state index in [1.54, 1.807) is 0 Å². The minimum absolute atomic E-state index is 0.573. The number of nitrogens with zero attached hydrogens (tertiary/aromatic N) is 2. The van der Waals surface area contributed by atoms with Crippen LogP contribution in [0.4, 0.5) is 34.1 Å². The highest BCUT2D eigenvalue weighted by atomic mass is 15.1. The zero-order chi connectivity index (χ0) is 46.4. The monoisotopic (exact) mass is 863 g/mol. The Morgan fingerprint density at radius 2 is 0.727 bits per heavy atom. The predicted molar refractivity (Wildman–Crippen MR) is 288 cm³/mol. The molecule has 332 valence electrons. The fourth-order valence-electron chi connectivity index (χ4n) is 8.32. The fraction of sp³-hybridized carbons (Fsp3) is 0.188. The Kier molecular flexibility index (Phi) is 16.1. The lowest BCUT2D eigenvalue weighted by molar-refractivity contribution is 0.733. The van der Waals surface area contributed by atoms with Crippen molar-refractivity contribution >= 4 is 51.3 Å². The van der Waals surface area contributed by atoms with E-state index in [9.17, 15) is 0 Å². The Bertz CT molecular complexity index is 2760. The summed E-state index contributed by atoms with van der Waals surface area (Å²) >= 11 is 0. The molecule has 0 bridgehead atoms. The van der Waals surface area contributed by atoms with Gasteiger partial charge < -0.3 is 9.80 Å². The molecule has 0 aliphatic carbocycles. The third-order valence-electron chi connectivity index (χ3n) is 12.8. The molecule has 0 spiro atoms. The number of benzene rings is 8. The van der Waals surface area contributed by atoms with E-state index in [0.29, 0.717) is 11.8 Å². The summed E-state index contributed by atoms with van der Waals surface area (Å²) < 4.78 is 0. The number of aryl methyl sites for hydroxylation is 2. The minimum Gasteiger partial charge on any atom is -0.311 e. The molecule has 0 aromatic heterocycles. The highest BCUT2D eigenvalue weighted by Gasteiger charge is 2.16. The molecule has 8 rings (SSSR count). The van der Waals surface area contributed by atoms with E-state index in [4.69, 9.17) is 0 Å². The summed E-state index contributed by atoms with van der Waals surface area (Å²) in [6.07, 6.45) is 6.74. The maximum atomic E-state index is 2.33. The molecule has 0 aliphatic rings. The maximum Gasteiger partial charge on any atom is 0.0462 e. The number of hydrogen-bond acceptors (Lipinski definition) is 2. The van der Waals surface area contributed by atoms with Gasteiger partial charge in [-0.05, 0) is 170 Å². The molecular formula is C64H66N2. The second-order valence-corrected chi connectivity index (χ2v) is 17.5. The quantitative estimate of drug-likeness (QED) is 0.101. The fourth-order valence-corrected chi connectivity index (χ4v) is 8.32. The maximum absolute atomic E-state index is 2.33. The van der Waals surface area contributed by atoms with E-state index in [-0.39, 0.29) is 0 Å². The van der Waals surface area contributed by atoms with Crippen molar-refractivity contribution in [3.05, 3.63) is 257 Å². The van der Waals surface area contributed by atoms with Crippen molar-refractivity contribution in [2.45, 2.75) is 80.1 Å². The van der Waals surface area contributed by atoms with Gasteiger partial charge in [-0.1, -0.05) is 184 Å². The van der Waals surface area contributed by atoms with Crippen molar-refractivity contribution < 1.29 is 0 Å². The van der Waals surface area contributed by atoms with Crippen LogP contribution in [-0.4, -0.2) is 0 Å². The zero-order valence-corrected chi connectivity index (χ0v) is 40.2. The normalized spacial score (nSPS) is 12.4. The third kappa shape index (κ3) is 11.7. The first-order valence-electron chi connectivity index (χ1n) is 23.7. The molecule has 8 aromatic rings. The van der Waals surface area contributed by atoms with Crippen LogP contribution in [0.5, 0.6) is 0 Å². The molecular weight excluding hydrogens is 797 g/mol. The topological polar surface area (TPSA) is 6.48 Å². The first-order chi connectivity index (χ1) is 32.1. The summed E-state index contributed by atoms with van der Waals surface area (Å²) in [6.45, 7) is 17.6. The molecule has 0 saturated carbocycles. The molecule has 2 heteroatoms. The van der Waals surface area contributed by atoms with E-state index in [2.05, 4.69) is 284 Å². The molecule has 8 aromatic carbocycles. The van der Waals surface area contributed by atoms with Gasteiger partial charge in [0, 0.05) is 34.1 Å². The Balaban J connectivity index is 0.000000196. The molecule has 0 fully saturated rings. The third-order valence-corrected chi connectivity index (χ3v) is 12.8. The molecule has 2 atom stereocenters. The SMILES string of the molecule is CC=C(c1ccccc1)c1ccc(N(c2ccc(C)cc2)c2ccc(C(C)CC)cc2)cc1.CCC(C)c1ccc(N(c2ccc(C)cc2)c2ccc(C=C(C)c3ccccc3)cc2)cc1. The average molecular weight is 863 g/mol. The van der Waals surface area contributed by atoms with Crippen LogP contribution in [0.15, 0.2) is 212 Å². The Morgan fingerprint density at radius 3 is 1.09 bits per heavy atom. The van der Waals surface area contributed by atoms with E-state index in [1.165, 1.54) is 78.4 Å². The van der Waals surface area contributed by atoms with Gasteiger partial charge in [0.15, 0.2) is 0 Å². The summed E-state index contributed by atoms with van der Waals surface area (Å²) in [4.78, 5) is 4.67. The second-order valence-electron chi connectivity index (χ2n) is 17.5. The smallest absolute Gasteiger partial charge is 0.0462 e. The van der Waals surface area contributed by atoms with Crippen LogP contribution in [0.2, 0.25) is 0 Å². The van der Waals surface area contributed by atoms with Crippen LogP contribution in [0.25, 0.3) is 17.2 Å². The Hall–Kier alpha value is -7.16. The second kappa shape index (κ2) is 22.6. The summed E-state index contributed by atoms with van der Waals surface area (Å²) in [5.74, 6) is 1.15. The van der Waals surface area contributed by atoms with Gasteiger partial charge in [0.05, 0.1) is 0 Å². The van der Waals surface area contributed by atoms with E-state index < -0.39 is 0 Å². The first-order valence-corrected chi connectivity index (χ1v) is 23.7. The van der Waals surface area contributed by atoms with Gasteiger partial charge >= 0.3 is 0 Å². The predicted octanol–water partition coefficient (Wildman–Crippen LogP) is 19.0. The van der Waals surface area contributed by atoms with Crippen LogP contribution in [-0.2, 0) is 0 Å². The molecule has 2 nitrogen and oxygen atoms in total. The van der Waals surface area contributed by atoms with E-state index in [1.807, 2.05) is 0 Å². The molecule has 2 unspecified atom stereocenters. The van der Waals surface area contributed by atoms with Gasteiger partial charge in [-0.15, -0.1) is 0 Å². The van der Waals surface area contributed by atoms with Gasteiger partial charge in [-0.3, -0.25) is 0 Å².